The third-order valence-corrected chi connectivity index (χ3v) is 2.28. The molecular formula is C12H13NO2. The molecule has 3 heteroatoms. The molecule has 78 valence electrons. The van der Waals surface area contributed by atoms with Gasteiger partial charge in [0.1, 0.15) is 0 Å². The van der Waals surface area contributed by atoms with Crippen LogP contribution in [0.5, 0.6) is 0 Å². The van der Waals surface area contributed by atoms with Gasteiger partial charge in [0.2, 0.25) is 5.91 Å². The molecule has 1 amide bonds. The Hall–Kier alpha value is -1.77. The number of amides is 1. The van der Waals surface area contributed by atoms with Crippen LogP contribution < -0.4 is 5.32 Å². The number of hydrogen-bond donors (Lipinski definition) is 1. The average Bonchev–Trinajstić information content (AvgIpc) is 2.16. The summed E-state index contributed by atoms with van der Waals surface area (Å²) in [6.45, 7) is 3.37. The molecule has 1 aliphatic rings. The van der Waals surface area contributed by atoms with E-state index >= 15 is 0 Å². The fraction of sp³-hybridized carbons (Fsp3) is 0.250. The van der Waals surface area contributed by atoms with Gasteiger partial charge in [-0.15, -0.1) is 0 Å². The van der Waals surface area contributed by atoms with E-state index in [1.807, 2.05) is 37.3 Å². The van der Waals surface area contributed by atoms with Crippen LogP contribution >= 0.6 is 0 Å². The van der Waals surface area contributed by atoms with Crippen molar-refractivity contribution in [1.29, 1.82) is 0 Å². The van der Waals surface area contributed by atoms with Crippen LogP contribution in [0.2, 0.25) is 0 Å². The zero-order valence-corrected chi connectivity index (χ0v) is 8.78. The van der Waals surface area contributed by atoms with Gasteiger partial charge in [0.25, 0.3) is 0 Å². The van der Waals surface area contributed by atoms with E-state index in [0.717, 1.165) is 16.9 Å². The van der Waals surface area contributed by atoms with Crippen molar-refractivity contribution in [2.24, 2.45) is 0 Å². The lowest BCUT2D eigenvalue weighted by atomic mass is 10.0. The first-order valence-electron chi connectivity index (χ1n) is 4.88. The molecule has 1 aromatic rings. The summed E-state index contributed by atoms with van der Waals surface area (Å²) in [6.07, 6.45) is 1.61. The molecule has 15 heavy (non-hydrogen) atoms. The minimum atomic E-state index is -0.358. The van der Waals surface area contributed by atoms with Crippen molar-refractivity contribution in [3.63, 3.8) is 0 Å². The zero-order chi connectivity index (χ0) is 10.8. The Morgan fingerprint density at radius 1 is 1.40 bits per heavy atom. The van der Waals surface area contributed by atoms with Crippen molar-refractivity contribution in [2.45, 2.75) is 20.1 Å². The molecule has 1 atom stereocenters. The second-order valence-electron chi connectivity index (χ2n) is 3.58. The molecular weight excluding hydrogens is 190 g/mol. The summed E-state index contributed by atoms with van der Waals surface area (Å²) in [4.78, 5) is 11.0. The van der Waals surface area contributed by atoms with E-state index in [9.17, 15) is 4.79 Å². The maximum absolute atomic E-state index is 11.0. The Kier molecular flexibility index (Phi) is 2.46. The lowest BCUT2D eigenvalue weighted by Gasteiger charge is -2.25. The molecule has 0 spiro atoms. The van der Waals surface area contributed by atoms with E-state index in [2.05, 4.69) is 5.32 Å². The number of rotatable bonds is 1. The largest absolute Gasteiger partial charge is 0.471 e. The Balaban J connectivity index is 2.37. The highest BCUT2D eigenvalue weighted by Crippen LogP contribution is 2.28. The number of allylic oxidation sites excluding steroid dienone is 1. The minimum absolute atomic E-state index is 0.0931. The first-order valence-corrected chi connectivity index (χ1v) is 4.88. The molecule has 0 aromatic heterocycles. The molecule has 3 nitrogen and oxygen atoms in total. The SMILES string of the molecule is CC(=O)NC1OC(C)=Cc2ccccc21. The van der Waals surface area contributed by atoms with Gasteiger partial charge in [-0.25, -0.2) is 0 Å². The Morgan fingerprint density at radius 2 is 2.13 bits per heavy atom. The van der Waals surface area contributed by atoms with Gasteiger partial charge >= 0.3 is 0 Å². The lowest BCUT2D eigenvalue weighted by molar-refractivity contribution is -0.122. The van der Waals surface area contributed by atoms with Gasteiger partial charge in [0.05, 0.1) is 5.76 Å². The smallest absolute Gasteiger partial charge is 0.219 e. The summed E-state index contributed by atoms with van der Waals surface area (Å²) in [6, 6.07) is 7.87. The van der Waals surface area contributed by atoms with Gasteiger partial charge in [0, 0.05) is 12.5 Å². The van der Waals surface area contributed by atoms with Crippen LogP contribution in [-0.2, 0) is 9.53 Å². The second-order valence-corrected chi connectivity index (χ2v) is 3.58. The van der Waals surface area contributed by atoms with Gasteiger partial charge in [0.15, 0.2) is 6.23 Å². The highest BCUT2D eigenvalue weighted by Gasteiger charge is 2.20. The number of carbonyl (C=O) groups excluding carboxylic acids is 1. The van der Waals surface area contributed by atoms with Gasteiger partial charge < -0.3 is 10.1 Å². The van der Waals surface area contributed by atoms with Crippen molar-refractivity contribution < 1.29 is 9.53 Å². The van der Waals surface area contributed by atoms with E-state index in [1.54, 1.807) is 0 Å². The monoisotopic (exact) mass is 203 g/mol. The quantitative estimate of drug-likeness (QED) is 0.760. The Bertz CT molecular complexity index is 423. The van der Waals surface area contributed by atoms with Crippen LogP contribution in [0.1, 0.15) is 31.2 Å². The van der Waals surface area contributed by atoms with Gasteiger partial charge in [-0.05, 0) is 18.6 Å². The van der Waals surface area contributed by atoms with Crippen molar-refractivity contribution in [3.05, 3.63) is 41.2 Å². The predicted molar refractivity (Wildman–Crippen MR) is 57.7 cm³/mol. The molecule has 0 bridgehead atoms. The molecule has 1 heterocycles. The zero-order valence-electron chi connectivity index (χ0n) is 8.78. The number of ether oxygens (including phenoxy) is 1. The van der Waals surface area contributed by atoms with Crippen LogP contribution in [0, 0.1) is 0 Å². The normalized spacial score (nSPS) is 18.5. The first kappa shape index (κ1) is 9.77. The van der Waals surface area contributed by atoms with E-state index < -0.39 is 0 Å². The first-order chi connectivity index (χ1) is 7.16. The van der Waals surface area contributed by atoms with E-state index in [1.165, 1.54) is 6.92 Å². The topological polar surface area (TPSA) is 38.3 Å². The lowest BCUT2D eigenvalue weighted by Crippen LogP contribution is -2.29. The third kappa shape index (κ3) is 2.01. The fourth-order valence-corrected chi connectivity index (χ4v) is 1.68. The molecule has 1 aromatic carbocycles. The molecule has 1 aliphatic heterocycles. The number of benzene rings is 1. The van der Waals surface area contributed by atoms with Crippen molar-refractivity contribution in [2.75, 3.05) is 0 Å². The van der Waals surface area contributed by atoms with Crippen LogP contribution in [0.15, 0.2) is 30.0 Å². The number of carbonyl (C=O) groups is 1. The number of hydrogen-bond acceptors (Lipinski definition) is 2. The van der Waals surface area contributed by atoms with Crippen LogP contribution in [0.4, 0.5) is 0 Å². The number of fused-ring (bicyclic) bond motifs is 1. The van der Waals surface area contributed by atoms with Gasteiger partial charge in [-0.2, -0.15) is 0 Å². The average molecular weight is 203 g/mol. The van der Waals surface area contributed by atoms with E-state index in [-0.39, 0.29) is 12.1 Å². The van der Waals surface area contributed by atoms with Crippen LogP contribution in [0.3, 0.4) is 0 Å². The summed E-state index contributed by atoms with van der Waals surface area (Å²) >= 11 is 0. The van der Waals surface area contributed by atoms with Gasteiger partial charge in [-0.3, -0.25) is 4.79 Å². The van der Waals surface area contributed by atoms with Crippen molar-refractivity contribution in [3.8, 4) is 0 Å². The Morgan fingerprint density at radius 3 is 2.87 bits per heavy atom. The maximum atomic E-state index is 11.0. The molecule has 0 fully saturated rings. The predicted octanol–water partition coefficient (Wildman–Crippen LogP) is 2.21. The number of nitrogens with one attached hydrogen (secondary N) is 1. The summed E-state index contributed by atoms with van der Waals surface area (Å²) in [5.74, 6) is 0.719. The molecule has 0 saturated carbocycles. The van der Waals surface area contributed by atoms with Gasteiger partial charge in [-0.1, -0.05) is 24.3 Å². The van der Waals surface area contributed by atoms with Crippen molar-refractivity contribution in [1.82, 2.24) is 5.32 Å². The van der Waals surface area contributed by atoms with Crippen molar-refractivity contribution >= 4 is 12.0 Å². The maximum Gasteiger partial charge on any atom is 0.219 e. The summed E-state index contributed by atoms with van der Waals surface area (Å²) in [5.41, 5.74) is 2.10. The molecule has 2 rings (SSSR count). The molecule has 1 unspecified atom stereocenters. The van der Waals surface area contributed by atoms with E-state index in [4.69, 9.17) is 4.74 Å². The minimum Gasteiger partial charge on any atom is -0.471 e. The fourth-order valence-electron chi connectivity index (χ4n) is 1.68. The Labute approximate surface area is 88.8 Å². The van der Waals surface area contributed by atoms with Crippen LogP contribution in [-0.4, -0.2) is 5.91 Å². The third-order valence-electron chi connectivity index (χ3n) is 2.28. The van der Waals surface area contributed by atoms with Crippen LogP contribution in [0.25, 0.3) is 6.08 Å². The molecule has 1 N–H and O–H groups in total. The highest BCUT2D eigenvalue weighted by atomic mass is 16.5. The summed E-state index contributed by atoms with van der Waals surface area (Å²) in [5, 5.41) is 2.77. The second kappa shape index (κ2) is 3.77. The summed E-state index contributed by atoms with van der Waals surface area (Å²) < 4.78 is 5.55. The highest BCUT2D eigenvalue weighted by molar-refractivity contribution is 5.74. The molecule has 0 saturated heterocycles. The summed E-state index contributed by atoms with van der Waals surface area (Å²) in [7, 11) is 0. The van der Waals surface area contributed by atoms with E-state index in [0.29, 0.717) is 0 Å². The molecule has 0 aliphatic carbocycles. The standard InChI is InChI=1S/C12H13NO2/c1-8-7-10-5-3-4-6-11(10)12(15-8)13-9(2)14/h3-7,12H,1-2H3,(H,13,14). The molecule has 0 radical (unpaired) electrons.